The highest BCUT2D eigenvalue weighted by Gasteiger charge is 2.53. The first-order valence-corrected chi connectivity index (χ1v) is 11.8. The summed E-state index contributed by atoms with van der Waals surface area (Å²) in [6.07, 6.45) is 0. The number of hydrogen-bond donors (Lipinski definition) is 0. The van der Waals surface area contributed by atoms with Gasteiger partial charge in [-0.2, -0.15) is 0 Å². The van der Waals surface area contributed by atoms with E-state index >= 15 is 0 Å². The van der Waals surface area contributed by atoms with E-state index in [2.05, 4.69) is 12.1 Å². The van der Waals surface area contributed by atoms with E-state index < -0.39 is 5.41 Å². The normalized spacial score (nSPS) is 14.4. The summed E-state index contributed by atoms with van der Waals surface area (Å²) in [6.45, 7) is 0. The van der Waals surface area contributed by atoms with E-state index in [0.717, 1.165) is 66.4 Å². The van der Waals surface area contributed by atoms with Gasteiger partial charge in [0.25, 0.3) is 0 Å². The van der Waals surface area contributed by atoms with Gasteiger partial charge in [0.2, 0.25) is 0 Å². The van der Waals surface area contributed by atoms with Crippen molar-refractivity contribution >= 4 is 33.5 Å². The summed E-state index contributed by atoms with van der Waals surface area (Å²) in [7, 11) is 0. The van der Waals surface area contributed by atoms with Crippen LogP contribution in [0.5, 0.6) is 0 Å². The summed E-state index contributed by atoms with van der Waals surface area (Å²) in [6, 6.07) is 27.5. The van der Waals surface area contributed by atoms with Gasteiger partial charge in [-0.15, -0.1) is 0 Å². The van der Waals surface area contributed by atoms with E-state index in [-0.39, 0.29) is 11.6 Å². The van der Waals surface area contributed by atoms with E-state index in [0.29, 0.717) is 5.02 Å². The molecule has 0 radical (unpaired) electrons. The first kappa shape index (κ1) is 19.4. The van der Waals surface area contributed by atoms with Gasteiger partial charge in [-0.25, -0.2) is 8.78 Å². The van der Waals surface area contributed by atoms with Crippen molar-refractivity contribution in [1.29, 1.82) is 0 Å². The molecule has 2 aliphatic carbocycles. The number of benzene rings is 5. The smallest absolute Gasteiger partial charge is 0.143 e. The summed E-state index contributed by atoms with van der Waals surface area (Å²) in [4.78, 5) is 0. The van der Waals surface area contributed by atoms with Gasteiger partial charge in [0.1, 0.15) is 22.8 Å². The Balaban J connectivity index is 1.63. The topological polar surface area (TPSA) is 13.1 Å². The molecule has 6 aromatic rings. The van der Waals surface area contributed by atoms with Crippen LogP contribution in [-0.4, -0.2) is 0 Å². The van der Waals surface area contributed by atoms with E-state index in [4.69, 9.17) is 16.0 Å². The highest BCUT2D eigenvalue weighted by molar-refractivity contribution is 6.31. The summed E-state index contributed by atoms with van der Waals surface area (Å²) in [5.41, 5.74) is 7.78. The van der Waals surface area contributed by atoms with Gasteiger partial charge in [0, 0.05) is 21.4 Å². The van der Waals surface area contributed by atoms with Crippen LogP contribution in [0.2, 0.25) is 5.02 Å². The highest BCUT2D eigenvalue weighted by atomic mass is 35.5. The molecule has 0 fully saturated rings. The maximum atomic E-state index is 14.8. The van der Waals surface area contributed by atoms with Gasteiger partial charge < -0.3 is 4.42 Å². The molecule has 4 heteroatoms. The van der Waals surface area contributed by atoms with Crippen LogP contribution in [0.15, 0.2) is 95.4 Å². The average molecular weight is 477 g/mol. The van der Waals surface area contributed by atoms with Crippen molar-refractivity contribution in [3.63, 3.8) is 0 Å². The Bertz CT molecular complexity index is 1850. The monoisotopic (exact) mass is 476 g/mol. The third-order valence-corrected chi connectivity index (χ3v) is 7.90. The average Bonchev–Trinajstić information content (AvgIpc) is 3.46. The molecule has 8 rings (SSSR count). The van der Waals surface area contributed by atoms with Crippen LogP contribution in [0.3, 0.4) is 0 Å². The summed E-state index contributed by atoms with van der Waals surface area (Å²) < 4.78 is 36.0. The molecule has 1 heterocycles. The zero-order valence-corrected chi connectivity index (χ0v) is 19.0. The SMILES string of the molecule is Fc1ccc2c(c1)C1(c3cc(F)ccc3-2)c2cc(Cl)ccc2-c2c1ccc1c2oc2ccccc21. The minimum Gasteiger partial charge on any atom is -0.455 e. The Morgan fingerprint density at radius 2 is 1.26 bits per heavy atom. The van der Waals surface area contributed by atoms with Gasteiger partial charge >= 0.3 is 0 Å². The fraction of sp³-hybridized carbons (Fsp3) is 0.0323. The molecule has 1 spiro atoms. The van der Waals surface area contributed by atoms with Gasteiger partial charge in [-0.3, -0.25) is 0 Å². The first-order chi connectivity index (χ1) is 17.1. The van der Waals surface area contributed by atoms with Crippen LogP contribution in [0.4, 0.5) is 8.78 Å². The summed E-state index contributed by atoms with van der Waals surface area (Å²) >= 11 is 6.56. The lowest BCUT2D eigenvalue weighted by Crippen LogP contribution is -2.26. The van der Waals surface area contributed by atoms with E-state index in [1.54, 1.807) is 24.3 Å². The molecular weight excluding hydrogens is 462 g/mol. The zero-order valence-electron chi connectivity index (χ0n) is 18.2. The molecule has 0 bridgehead atoms. The second-order valence-electron chi connectivity index (χ2n) is 9.28. The number of furan rings is 1. The van der Waals surface area contributed by atoms with Crippen molar-refractivity contribution in [3.05, 3.63) is 130 Å². The molecule has 2 aliphatic rings. The largest absolute Gasteiger partial charge is 0.455 e. The van der Waals surface area contributed by atoms with Gasteiger partial charge in [0.15, 0.2) is 0 Å². The molecule has 0 aliphatic heterocycles. The summed E-state index contributed by atoms with van der Waals surface area (Å²) in [5, 5.41) is 2.61. The lowest BCUT2D eigenvalue weighted by molar-refractivity contribution is 0.618. The minimum atomic E-state index is -0.905. The fourth-order valence-corrected chi connectivity index (χ4v) is 6.58. The molecule has 0 saturated heterocycles. The molecule has 0 amide bonds. The molecule has 166 valence electrons. The van der Waals surface area contributed by atoms with E-state index in [1.165, 1.54) is 12.1 Å². The van der Waals surface area contributed by atoms with Crippen LogP contribution in [-0.2, 0) is 5.41 Å². The van der Waals surface area contributed by atoms with Gasteiger partial charge in [0.05, 0.1) is 5.41 Å². The lowest BCUT2D eigenvalue weighted by atomic mass is 9.70. The maximum absolute atomic E-state index is 14.8. The molecule has 0 saturated carbocycles. The molecule has 35 heavy (non-hydrogen) atoms. The Labute approximate surface area is 204 Å². The molecule has 0 N–H and O–H groups in total. The first-order valence-electron chi connectivity index (χ1n) is 11.4. The number of para-hydroxylation sites is 1. The predicted molar refractivity (Wildman–Crippen MR) is 135 cm³/mol. The molecule has 1 aromatic heterocycles. The van der Waals surface area contributed by atoms with Crippen LogP contribution in [0.1, 0.15) is 22.3 Å². The standard InChI is InChI=1S/C31H15ClF2O/c32-16-5-8-23-25(13-16)31(24-12-11-22-21-3-1-2-4-28(21)35-30(22)29(23)24)26-14-17(33)6-9-19(26)20-10-7-18(34)15-27(20)31/h1-15H. The Morgan fingerprint density at radius 3 is 2.00 bits per heavy atom. The Hall–Kier alpha value is -3.95. The molecule has 0 unspecified atom stereocenters. The number of hydrogen-bond acceptors (Lipinski definition) is 1. The third-order valence-electron chi connectivity index (χ3n) is 7.67. The van der Waals surface area contributed by atoms with Crippen LogP contribution in [0.25, 0.3) is 44.2 Å². The number of fused-ring (bicyclic) bond motifs is 14. The maximum Gasteiger partial charge on any atom is 0.143 e. The van der Waals surface area contributed by atoms with Crippen LogP contribution >= 0.6 is 11.6 Å². The zero-order chi connectivity index (χ0) is 23.5. The molecule has 0 atom stereocenters. The predicted octanol–water partition coefficient (Wildman–Crippen LogP) is 8.86. The van der Waals surface area contributed by atoms with Crippen molar-refractivity contribution < 1.29 is 13.2 Å². The van der Waals surface area contributed by atoms with Crippen molar-refractivity contribution in [2.24, 2.45) is 0 Å². The van der Waals surface area contributed by atoms with E-state index in [1.807, 2.05) is 42.5 Å². The fourth-order valence-electron chi connectivity index (χ4n) is 6.41. The Morgan fingerprint density at radius 1 is 0.600 bits per heavy atom. The second kappa shape index (κ2) is 6.38. The Kier molecular flexibility index (Phi) is 3.53. The highest BCUT2D eigenvalue weighted by Crippen LogP contribution is 2.64. The number of rotatable bonds is 0. The van der Waals surface area contributed by atoms with Gasteiger partial charge in [-0.05, 0) is 81.4 Å². The molecular formula is C31H15ClF2O. The van der Waals surface area contributed by atoms with Crippen LogP contribution in [0, 0.1) is 11.6 Å². The van der Waals surface area contributed by atoms with Crippen molar-refractivity contribution in [2.45, 2.75) is 5.41 Å². The van der Waals surface area contributed by atoms with Crippen molar-refractivity contribution in [3.8, 4) is 22.3 Å². The molecule has 5 aromatic carbocycles. The number of halogens is 3. The van der Waals surface area contributed by atoms with Crippen LogP contribution < -0.4 is 0 Å². The minimum absolute atomic E-state index is 0.335. The van der Waals surface area contributed by atoms with Crippen molar-refractivity contribution in [1.82, 2.24) is 0 Å². The molecule has 1 nitrogen and oxygen atoms in total. The van der Waals surface area contributed by atoms with Gasteiger partial charge in [-0.1, -0.05) is 60.1 Å². The second-order valence-corrected chi connectivity index (χ2v) is 9.72. The summed E-state index contributed by atoms with van der Waals surface area (Å²) in [5.74, 6) is -0.670. The third kappa shape index (κ3) is 2.23. The quantitative estimate of drug-likeness (QED) is 0.213. The van der Waals surface area contributed by atoms with E-state index in [9.17, 15) is 8.78 Å². The lowest BCUT2D eigenvalue weighted by Gasteiger charge is -2.30. The van der Waals surface area contributed by atoms with Crippen molar-refractivity contribution in [2.75, 3.05) is 0 Å².